The van der Waals surface area contributed by atoms with Crippen LogP contribution in [0, 0.1) is 0 Å². The first-order chi connectivity index (χ1) is 10.2. The third kappa shape index (κ3) is 4.83. The Balaban J connectivity index is 1.74. The maximum atomic E-state index is 12.1. The number of carbonyl (C=O) groups excluding carboxylic acids is 2. The number of hydrogen-bond donors (Lipinski definition) is 3. The average molecular weight is 300 g/mol. The lowest BCUT2D eigenvalue weighted by Gasteiger charge is -2.33. The van der Waals surface area contributed by atoms with Crippen LogP contribution < -0.4 is 16.1 Å². The molecule has 0 aromatic heterocycles. The molecule has 21 heavy (non-hydrogen) atoms. The third-order valence-corrected chi connectivity index (χ3v) is 3.54. The smallest absolute Gasteiger partial charge is 0.317 e. The summed E-state index contributed by atoms with van der Waals surface area (Å²) in [6.07, 6.45) is 2.47. The van der Waals surface area contributed by atoms with Gasteiger partial charge < -0.3 is 20.3 Å². The molecule has 2 unspecified atom stereocenters. The number of nitrogens with one attached hydrogen (secondary N) is 3. The SMILES string of the molecule is CCNC(=O)N1CCNC(C(=O)NOC2CCCCO2)C1. The van der Waals surface area contributed by atoms with Crippen LogP contribution in [0.2, 0.25) is 0 Å². The molecule has 0 radical (unpaired) electrons. The van der Waals surface area contributed by atoms with Crippen LogP contribution in [0.25, 0.3) is 0 Å². The molecule has 0 saturated carbocycles. The fourth-order valence-electron chi connectivity index (χ4n) is 2.37. The van der Waals surface area contributed by atoms with Crippen molar-refractivity contribution in [2.45, 2.75) is 38.5 Å². The molecule has 2 aliphatic rings. The van der Waals surface area contributed by atoms with E-state index in [4.69, 9.17) is 9.57 Å². The molecule has 2 saturated heterocycles. The van der Waals surface area contributed by atoms with Crippen LogP contribution in [0.3, 0.4) is 0 Å². The van der Waals surface area contributed by atoms with Gasteiger partial charge in [0.1, 0.15) is 6.04 Å². The van der Waals surface area contributed by atoms with Gasteiger partial charge in [-0.2, -0.15) is 0 Å². The molecule has 2 aliphatic heterocycles. The Kier molecular flexibility index (Phi) is 6.21. The van der Waals surface area contributed by atoms with E-state index in [0.717, 1.165) is 19.3 Å². The largest absolute Gasteiger partial charge is 0.350 e. The van der Waals surface area contributed by atoms with Gasteiger partial charge in [0, 0.05) is 39.2 Å². The molecule has 0 aromatic carbocycles. The molecule has 2 heterocycles. The summed E-state index contributed by atoms with van der Waals surface area (Å²) in [4.78, 5) is 30.7. The Morgan fingerprint density at radius 3 is 3.00 bits per heavy atom. The number of rotatable bonds is 4. The molecule has 3 amide bonds. The van der Waals surface area contributed by atoms with E-state index in [-0.39, 0.29) is 18.2 Å². The van der Waals surface area contributed by atoms with Gasteiger partial charge in [0.15, 0.2) is 6.29 Å². The lowest BCUT2D eigenvalue weighted by Crippen LogP contribution is -2.60. The quantitative estimate of drug-likeness (QED) is 0.613. The Morgan fingerprint density at radius 1 is 1.43 bits per heavy atom. The van der Waals surface area contributed by atoms with Crippen molar-refractivity contribution in [2.24, 2.45) is 0 Å². The second kappa shape index (κ2) is 8.16. The number of piperazine rings is 1. The summed E-state index contributed by atoms with van der Waals surface area (Å²) in [5.74, 6) is -0.279. The topological polar surface area (TPSA) is 91.9 Å². The first-order valence-electron chi connectivity index (χ1n) is 7.54. The molecule has 0 aromatic rings. The highest BCUT2D eigenvalue weighted by atomic mass is 16.8. The van der Waals surface area contributed by atoms with E-state index in [9.17, 15) is 9.59 Å². The normalized spacial score (nSPS) is 26.2. The summed E-state index contributed by atoms with van der Waals surface area (Å²) in [5.41, 5.74) is 2.43. The van der Waals surface area contributed by atoms with Gasteiger partial charge in [-0.25, -0.2) is 15.1 Å². The van der Waals surface area contributed by atoms with Crippen molar-refractivity contribution in [3.05, 3.63) is 0 Å². The zero-order valence-corrected chi connectivity index (χ0v) is 12.4. The minimum atomic E-state index is -0.468. The summed E-state index contributed by atoms with van der Waals surface area (Å²) in [6, 6.07) is -0.613. The van der Waals surface area contributed by atoms with Gasteiger partial charge in [-0.3, -0.25) is 4.79 Å². The van der Waals surface area contributed by atoms with Gasteiger partial charge >= 0.3 is 6.03 Å². The van der Waals surface area contributed by atoms with Crippen molar-refractivity contribution in [2.75, 3.05) is 32.8 Å². The Bertz CT molecular complexity index is 360. The van der Waals surface area contributed by atoms with Crippen molar-refractivity contribution in [3.63, 3.8) is 0 Å². The van der Waals surface area contributed by atoms with Gasteiger partial charge in [-0.05, 0) is 19.8 Å². The van der Waals surface area contributed by atoms with Crippen LogP contribution in [-0.4, -0.2) is 62.0 Å². The molecular formula is C13H24N4O4. The van der Waals surface area contributed by atoms with Crippen LogP contribution in [-0.2, 0) is 14.4 Å². The highest BCUT2D eigenvalue weighted by Crippen LogP contribution is 2.12. The fraction of sp³-hybridized carbons (Fsp3) is 0.846. The summed E-state index contributed by atoms with van der Waals surface area (Å²) >= 11 is 0. The van der Waals surface area contributed by atoms with E-state index in [2.05, 4.69) is 16.1 Å². The molecule has 8 nitrogen and oxygen atoms in total. The highest BCUT2D eigenvalue weighted by Gasteiger charge is 2.28. The number of urea groups is 1. The van der Waals surface area contributed by atoms with E-state index >= 15 is 0 Å². The predicted molar refractivity (Wildman–Crippen MR) is 75.3 cm³/mol. The van der Waals surface area contributed by atoms with Crippen molar-refractivity contribution in [1.82, 2.24) is 21.0 Å². The summed E-state index contributed by atoms with van der Waals surface area (Å²) in [6.45, 7) is 4.58. The fourth-order valence-corrected chi connectivity index (χ4v) is 2.37. The highest BCUT2D eigenvalue weighted by molar-refractivity contribution is 5.82. The van der Waals surface area contributed by atoms with Crippen molar-refractivity contribution >= 4 is 11.9 Å². The van der Waals surface area contributed by atoms with Crippen molar-refractivity contribution < 1.29 is 19.2 Å². The summed E-state index contributed by atoms with van der Waals surface area (Å²) in [7, 11) is 0. The van der Waals surface area contributed by atoms with E-state index < -0.39 is 6.04 Å². The minimum absolute atomic E-state index is 0.145. The molecular weight excluding hydrogens is 276 g/mol. The van der Waals surface area contributed by atoms with Gasteiger partial charge in [-0.1, -0.05) is 0 Å². The lowest BCUT2D eigenvalue weighted by atomic mass is 10.2. The van der Waals surface area contributed by atoms with E-state index in [1.54, 1.807) is 4.90 Å². The van der Waals surface area contributed by atoms with Crippen LogP contribution >= 0.6 is 0 Å². The van der Waals surface area contributed by atoms with Crippen molar-refractivity contribution in [1.29, 1.82) is 0 Å². The second-order valence-electron chi connectivity index (χ2n) is 5.17. The number of nitrogens with zero attached hydrogens (tertiary/aromatic N) is 1. The molecule has 0 bridgehead atoms. The van der Waals surface area contributed by atoms with Crippen LogP contribution in [0.1, 0.15) is 26.2 Å². The minimum Gasteiger partial charge on any atom is -0.350 e. The van der Waals surface area contributed by atoms with Crippen LogP contribution in [0.4, 0.5) is 4.79 Å². The monoisotopic (exact) mass is 300 g/mol. The first kappa shape index (κ1) is 16.0. The number of ether oxygens (including phenoxy) is 1. The maximum Gasteiger partial charge on any atom is 0.317 e. The second-order valence-corrected chi connectivity index (χ2v) is 5.17. The third-order valence-electron chi connectivity index (χ3n) is 3.54. The van der Waals surface area contributed by atoms with Crippen molar-refractivity contribution in [3.8, 4) is 0 Å². The number of carbonyl (C=O) groups is 2. The zero-order chi connectivity index (χ0) is 15.1. The van der Waals surface area contributed by atoms with E-state index in [0.29, 0.717) is 32.8 Å². The molecule has 0 spiro atoms. The molecule has 2 fully saturated rings. The first-order valence-corrected chi connectivity index (χ1v) is 7.54. The van der Waals surface area contributed by atoms with E-state index in [1.165, 1.54) is 0 Å². The molecule has 2 rings (SSSR count). The standard InChI is InChI=1S/C13H24N4O4/c1-2-14-13(19)17-7-6-15-10(9-17)12(18)16-21-11-5-3-4-8-20-11/h10-11,15H,2-9H2,1H3,(H,14,19)(H,16,18). The number of hydrogen-bond acceptors (Lipinski definition) is 5. The molecule has 3 N–H and O–H groups in total. The van der Waals surface area contributed by atoms with Gasteiger partial charge in [-0.15, -0.1) is 0 Å². The lowest BCUT2D eigenvalue weighted by molar-refractivity contribution is -0.201. The number of hydroxylamine groups is 1. The van der Waals surface area contributed by atoms with Crippen LogP contribution in [0.15, 0.2) is 0 Å². The molecule has 0 aliphatic carbocycles. The van der Waals surface area contributed by atoms with Crippen LogP contribution in [0.5, 0.6) is 0 Å². The number of amides is 3. The predicted octanol–water partition coefficient (Wildman–Crippen LogP) is -0.436. The molecule has 8 heteroatoms. The Morgan fingerprint density at radius 2 is 2.29 bits per heavy atom. The zero-order valence-electron chi connectivity index (χ0n) is 12.4. The maximum absolute atomic E-state index is 12.1. The Labute approximate surface area is 124 Å². The summed E-state index contributed by atoms with van der Waals surface area (Å²) < 4.78 is 5.38. The van der Waals surface area contributed by atoms with Gasteiger partial charge in [0.2, 0.25) is 0 Å². The van der Waals surface area contributed by atoms with E-state index in [1.807, 2.05) is 6.92 Å². The van der Waals surface area contributed by atoms with Gasteiger partial charge in [0.25, 0.3) is 5.91 Å². The molecule has 2 atom stereocenters. The molecule has 120 valence electrons. The van der Waals surface area contributed by atoms with Gasteiger partial charge in [0.05, 0.1) is 0 Å². The Hall–Kier alpha value is -1.38. The average Bonchev–Trinajstić information content (AvgIpc) is 2.54. The summed E-state index contributed by atoms with van der Waals surface area (Å²) in [5, 5.41) is 5.81.